The summed E-state index contributed by atoms with van der Waals surface area (Å²) in [5.41, 5.74) is 2.20. The Bertz CT molecular complexity index is 383. The SMILES string of the molecule is CC(C)c1ccc(C(=O)CC2CCCCC2)cc1. The van der Waals surface area contributed by atoms with Crippen LogP contribution >= 0.6 is 0 Å². The van der Waals surface area contributed by atoms with Crippen molar-refractivity contribution >= 4 is 5.78 Å². The minimum atomic E-state index is 0.331. The summed E-state index contributed by atoms with van der Waals surface area (Å²) in [6.07, 6.45) is 7.22. The first-order chi connectivity index (χ1) is 8.66. The van der Waals surface area contributed by atoms with Crippen LogP contribution < -0.4 is 0 Å². The lowest BCUT2D eigenvalue weighted by atomic mass is 9.84. The van der Waals surface area contributed by atoms with Gasteiger partial charge < -0.3 is 0 Å². The second-order valence-corrected chi connectivity index (χ2v) is 5.91. The van der Waals surface area contributed by atoms with Crippen LogP contribution in [0.1, 0.15) is 74.2 Å². The maximum atomic E-state index is 12.2. The lowest BCUT2D eigenvalue weighted by Gasteiger charge is -2.20. The van der Waals surface area contributed by atoms with Crippen molar-refractivity contribution in [3.63, 3.8) is 0 Å². The molecule has 0 N–H and O–H groups in total. The van der Waals surface area contributed by atoms with Gasteiger partial charge in [-0.15, -0.1) is 0 Å². The van der Waals surface area contributed by atoms with Crippen LogP contribution in [0.25, 0.3) is 0 Å². The second-order valence-electron chi connectivity index (χ2n) is 5.91. The van der Waals surface area contributed by atoms with E-state index in [4.69, 9.17) is 0 Å². The number of Topliss-reactive ketones (excluding diaryl/α,β-unsaturated/α-hetero) is 1. The fourth-order valence-corrected chi connectivity index (χ4v) is 2.83. The highest BCUT2D eigenvalue weighted by Crippen LogP contribution is 2.27. The van der Waals surface area contributed by atoms with Crippen molar-refractivity contribution in [2.45, 2.75) is 58.3 Å². The summed E-state index contributed by atoms with van der Waals surface area (Å²) in [7, 11) is 0. The number of carbonyl (C=O) groups is 1. The Morgan fingerprint density at radius 1 is 1.11 bits per heavy atom. The Labute approximate surface area is 111 Å². The van der Waals surface area contributed by atoms with Crippen molar-refractivity contribution in [1.29, 1.82) is 0 Å². The molecular weight excluding hydrogens is 220 g/mol. The van der Waals surface area contributed by atoms with Gasteiger partial charge in [-0.3, -0.25) is 4.79 Å². The normalized spacial score (nSPS) is 17.1. The van der Waals surface area contributed by atoms with E-state index < -0.39 is 0 Å². The van der Waals surface area contributed by atoms with E-state index in [1.807, 2.05) is 12.1 Å². The molecule has 1 heteroatoms. The van der Waals surface area contributed by atoms with Gasteiger partial charge in [-0.25, -0.2) is 0 Å². The Kier molecular flexibility index (Phi) is 4.57. The van der Waals surface area contributed by atoms with Gasteiger partial charge in [0.05, 0.1) is 0 Å². The number of hydrogen-bond donors (Lipinski definition) is 0. The van der Waals surface area contributed by atoms with Gasteiger partial charge in [0.2, 0.25) is 0 Å². The number of ketones is 1. The molecule has 1 fully saturated rings. The van der Waals surface area contributed by atoms with E-state index in [9.17, 15) is 4.79 Å². The topological polar surface area (TPSA) is 17.1 Å². The van der Waals surface area contributed by atoms with Crippen LogP contribution in [-0.4, -0.2) is 5.78 Å². The minimum absolute atomic E-state index is 0.331. The Balaban J connectivity index is 1.95. The molecular formula is C17H24O. The number of rotatable bonds is 4. The largest absolute Gasteiger partial charge is 0.294 e. The third-order valence-electron chi connectivity index (χ3n) is 4.10. The third kappa shape index (κ3) is 3.44. The summed E-state index contributed by atoms with van der Waals surface area (Å²) in [6, 6.07) is 8.19. The van der Waals surface area contributed by atoms with Crippen LogP contribution in [0.3, 0.4) is 0 Å². The minimum Gasteiger partial charge on any atom is -0.294 e. The van der Waals surface area contributed by atoms with Crippen molar-refractivity contribution in [3.8, 4) is 0 Å². The molecule has 0 aliphatic heterocycles. The quantitative estimate of drug-likeness (QED) is 0.684. The van der Waals surface area contributed by atoms with E-state index in [-0.39, 0.29) is 0 Å². The van der Waals surface area contributed by atoms with Crippen LogP contribution in [0.15, 0.2) is 24.3 Å². The van der Waals surface area contributed by atoms with Gasteiger partial charge in [0.15, 0.2) is 5.78 Å². The molecule has 1 nitrogen and oxygen atoms in total. The predicted octanol–water partition coefficient (Wildman–Crippen LogP) is 4.96. The monoisotopic (exact) mass is 244 g/mol. The highest BCUT2D eigenvalue weighted by atomic mass is 16.1. The van der Waals surface area contributed by atoms with Crippen molar-refractivity contribution in [2.75, 3.05) is 0 Å². The van der Waals surface area contributed by atoms with Gasteiger partial charge in [-0.05, 0) is 17.4 Å². The molecule has 1 aliphatic carbocycles. The van der Waals surface area contributed by atoms with E-state index in [2.05, 4.69) is 26.0 Å². The van der Waals surface area contributed by atoms with Gasteiger partial charge in [0, 0.05) is 12.0 Å². The zero-order valence-corrected chi connectivity index (χ0v) is 11.6. The molecule has 0 atom stereocenters. The second kappa shape index (κ2) is 6.17. The zero-order chi connectivity index (χ0) is 13.0. The van der Waals surface area contributed by atoms with E-state index >= 15 is 0 Å². The van der Waals surface area contributed by atoms with Gasteiger partial charge in [0.25, 0.3) is 0 Å². The fraction of sp³-hybridized carbons (Fsp3) is 0.588. The van der Waals surface area contributed by atoms with E-state index in [1.165, 1.54) is 37.7 Å². The lowest BCUT2D eigenvalue weighted by molar-refractivity contribution is 0.0950. The summed E-state index contributed by atoms with van der Waals surface area (Å²) >= 11 is 0. The fourth-order valence-electron chi connectivity index (χ4n) is 2.83. The molecule has 1 aliphatic rings. The molecule has 0 saturated heterocycles. The van der Waals surface area contributed by atoms with Crippen molar-refractivity contribution in [2.24, 2.45) is 5.92 Å². The van der Waals surface area contributed by atoms with Crippen LogP contribution in [-0.2, 0) is 0 Å². The Morgan fingerprint density at radius 2 is 1.72 bits per heavy atom. The van der Waals surface area contributed by atoms with Crippen molar-refractivity contribution < 1.29 is 4.79 Å². The van der Waals surface area contributed by atoms with E-state index in [1.54, 1.807) is 0 Å². The first kappa shape index (κ1) is 13.3. The molecule has 0 aromatic heterocycles. The average Bonchev–Trinajstić information content (AvgIpc) is 2.40. The highest BCUT2D eigenvalue weighted by Gasteiger charge is 2.17. The average molecular weight is 244 g/mol. The summed E-state index contributed by atoms with van der Waals surface area (Å²) < 4.78 is 0. The number of hydrogen-bond acceptors (Lipinski definition) is 1. The maximum absolute atomic E-state index is 12.2. The van der Waals surface area contributed by atoms with Gasteiger partial charge in [-0.2, -0.15) is 0 Å². The molecule has 0 bridgehead atoms. The Morgan fingerprint density at radius 3 is 2.28 bits per heavy atom. The van der Waals surface area contributed by atoms with Crippen molar-refractivity contribution in [1.82, 2.24) is 0 Å². The van der Waals surface area contributed by atoms with Crippen LogP contribution in [0.2, 0.25) is 0 Å². The first-order valence-electron chi connectivity index (χ1n) is 7.30. The molecule has 1 aromatic rings. The van der Waals surface area contributed by atoms with Crippen LogP contribution in [0.4, 0.5) is 0 Å². The predicted molar refractivity (Wildman–Crippen MR) is 76.1 cm³/mol. The third-order valence-corrected chi connectivity index (χ3v) is 4.10. The van der Waals surface area contributed by atoms with Gasteiger partial charge in [0.1, 0.15) is 0 Å². The van der Waals surface area contributed by atoms with Gasteiger partial charge in [-0.1, -0.05) is 70.2 Å². The molecule has 98 valence electrons. The zero-order valence-electron chi connectivity index (χ0n) is 11.6. The molecule has 1 saturated carbocycles. The Hall–Kier alpha value is -1.11. The molecule has 1 aromatic carbocycles. The van der Waals surface area contributed by atoms with E-state index in [0.717, 1.165) is 12.0 Å². The van der Waals surface area contributed by atoms with Crippen LogP contribution in [0.5, 0.6) is 0 Å². The highest BCUT2D eigenvalue weighted by molar-refractivity contribution is 5.96. The molecule has 2 rings (SSSR count). The standard InChI is InChI=1S/C17H24O/c1-13(2)15-8-10-16(11-9-15)17(18)12-14-6-4-3-5-7-14/h8-11,13-14H,3-7,12H2,1-2H3. The molecule has 0 unspecified atom stereocenters. The maximum Gasteiger partial charge on any atom is 0.163 e. The lowest BCUT2D eigenvalue weighted by Crippen LogP contribution is -2.12. The molecule has 0 heterocycles. The van der Waals surface area contributed by atoms with E-state index in [0.29, 0.717) is 17.6 Å². The summed E-state index contributed by atoms with van der Waals surface area (Å²) in [5.74, 6) is 1.50. The summed E-state index contributed by atoms with van der Waals surface area (Å²) in [4.78, 5) is 12.2. The molecule has 0 amide bonds. The summed E-state index contributed by atoms with van der Waals surface area (Å²) in [5, 5.41) is 0. The molecule has 0 radical (unpaired) electrons. The van der Waals surface area contributed by atoms with Gasteiger partial charge >= 0.3 is 0 Å². The number of carbonyl (C=O) groups excluding carboxylic acids is 1. The van der Waals surface area contributed by atoms with Crippen LogP contribution in [0, 0.1) is 5.92 Å². The number of benzene rings is 1. The first-order valence-corrected chi connectivity index (χ1v) is 7.30. The summed E-state index contributed by atoms with van der Waals surface area (Å²) in [6.45, 7) is 4.36. The molecule has 18 heavy (non-hydrogen) atoms. The smallest absolute Gasteiger partial charge is 0.163 e. The van der Waals surface area contributed by atoms with Crippen molar-refractivity contribution in [3.05, 3.63) is 35.4 Å². The molecule has 0 spiro atoms.